The maximum Gasteiger partial charge on any atom is 0.243 e. The van der Waals surface area contributed by atoms with Crippen LogP contribution in [0.25, 0.3) is 0 Å². The molecule has 1 aliphatic heterocycles. The Bertz CT molecular complexity index is 1020. The van der Waals surface area contributed by atoms with Gasteiger partial charge in [-0.05, 0) is 55.2 Å². The van der Waals surface area contributed by atoms with Crippen molar-refractivity contribution in [3.63, 3.8) is 0 Å². The van der Waals surface area contributed by atoms with Gasteiger partial charge in [0, 0.05) is 12.6 Å². The van der Waals surface area contributed by atoms with Gasteiger partial charge in [-0.25, -0.2) is 16.8 Å². The molecule has 2 aromatic rings. The highest BCUT2D eigenvalue weighted by atomic mass is 32.2. The molecule has 0 radical (unpaired) electrons. The van der Waals surface area contributed by atoms with Gasteiger partial charge in [0.2, 0.25) is 10.0 Å². The molecular weight excluding hydrogens is 410 g/mol. The highest BCUT2D eigenvalue weighted by molar-refractivity contribution is 7.91. The molecule has 0 amide bonds. The van der Waals surface area contributed by atoms with E-state index in [9.17, 15) is 16.8 Å². The number of sulfonamides is 1. The standard InChI is InChI=1S/C21H27NO5S2/c1-17(2)15-27-19-10-12-21(13-11-19)29(25,26)22-14-6-7-18(22)16-28(23,24)20-8-4-3-5-9-20/h3-5,8-13,17-18H,6-7,14-16H2,1-2H3. The zero-order chi connectivity index (χ0) is 21.1. The summed E-state index contributed by atoms with van der Waals surface area (Å²) in [5, 5.41) is 0. The maximum atomic E-state index is 13.1. The van der Waals surface area contributed by atoms with Crippen LogP contribution in [0, 0.1) is 5.92 Å². The summed E-state index contributed by atoms with van der Waals surface area (Å²) in [6.45, 7) is 4.95. The molecule has 158 valence electrons. The normalized spacial score (nSPS) is 18.2. The van der Waals surface area contributed by atoms with Crippen LogP contribution in [0.4, 0.5) is 0 Å². The van der Waals surface area contributed by atoms with E-state index in [1.807, 2.05) is 13.8 Å². The first-order chi connectivity index (χ1) is 13.7. The Labute approximate surface area is 173 Å². The summed E-state index contributed by atoms with van der Waals surface area (Å²) in [5.74, 6) is 0.767. The molecule has 6 nitrogen and oxygen atoms in total. The van der Waals surface area contributed by atoms with Crippen molar-refractivity contribution in [1.29, 1.82) is 0 Å². The molecular formula is C21H27NO5S2. The smallest absolute Gasteiger partial charge is 0.243 e. The van der Waals surface area contributed by atoms with E-state index in [4.69, 9.17) is 4.74 Å². The van der Waals surface area contributed by atoms with E-state index in [1.54, 1.807) is 42.5 Å². The average Bonchev–Trinajstić information content (AvgIpc) is 3.15. The van der Waals surface area contributed by atoms with Crippen LogP contribution in [-0.4, -0.2) is 46.1 Å². The molecule has 1 aliphatic rings. The zero-order valence-electron chi connectivity index (χ0n) is 16.7. The molecule has 0 bridgehead atoms. The minimum Gasteiger partial charge on any atom is -0.493 e. The lowest BCUT2D eigenvalue weighted by molar-refractivity contribution is 0.271. The lowest BCUT2D eigenvalue weighted by atomic mass is 10.2. The summed E-state index contributed by atoms with van der Waals surface area (Å²) < 4.78 is 58.7. The van der Waals surface area contributed by atoms with Crippen LogP contribution < -0.4 is 4.74 Å². The van der Waals surface area contributed by atoms with Gasteiger partial charge in [0.1, 0.15) is 5.75 Å². The topological polar surface area (TPSA) is 80.8 Å². The number of ether oxygens (including phenoxy) is 1. The van der Waals surface area contributed by atoms with Gasteiger partial charge in [0.25, 0.3) is 0 Å². The molecule has 0 aromatic heterocycles. The SMILES string of the molecule is CC(C)COc1ccc(S(=O)(=O)N2CCCC2CS(=O)(=O)c2ccccc2)cc1. The summed E-state index contributed by atoms with van der Waals surface area (Å²) in [6.07, 6.45) is 1.17. The number of hydrogen-bond donors (Lipinski definition) is 0. The van der Waals surface area contributed by atoms with Crippen molar-refractivity contribution in [2.45, 2.75) is 42.5 Å². The van der Waals surface area contributed by atoms with Crippen LogP contribution in [0.2, 0.25) is 0 Å². The summed E-state index contributed by atoms with van der Waals surface area (Å²) in [4.78, 5) is 0.370. The van der Waals surface area contributed by atoms with Crippen molar-refractivity contribution in [3.8, 4) is 5.75 Å². The summed E-state index contributed by atoms with van der Waals surface area (Å²) >= 11 is 0. The van der Waals surface area contributed by atoms with E-state index in [0.29, 0.717) is 37.7 Å². The summed E-state index contributed by atoms with van der Waals surface area (Å²) in [7, 11) is -7.34. The summed E-state index contributed by atoms with van der Waals surface area (Å²) in [6, 6.07) is 13.9. The van der Waals surface area contributed by atoms with Gasteiger partial charge < -0.3 is 4.74 Å². The zero-order valence-corrected chi connectivity index (χ0v) is 18.3. The highest BCUT2D eigenvalue weighted by Gasteiger charge is 2.38. The third-order valence-corrected chi connectivity index (χ3v) is 8.63. The van der Waals surface area contributed by atoms with Gasteiger partial charge in [-0.15, -0.1) is 0 Å². The Morgan fingerprint density at radius 2 is 1.62 bits per heavy atom. The monoisotopic (exact) mass is 437 g/mol. The Morgan fingerprint density at radius 1 is 0.966 bits per heavy atom. The number of rotatable bonds is 8. The molecule has 2 aromatic carbocycles. The largest absolute Gasteiger partial charge is 0.493 e. The van der Waals surface area contributed by atoms with Crippen molar-refractivity contribution in [3.05, 3.63) is 54.6 Å². The van der Waals surface area contributed by atoms with Crippen LogP contribution >= 0.6 is 0 Å². The Hall–Kier alpha value is -1.90. The Kier molecular flexibility index (Phi) is 6.65. The minimum atomic E-state index is -3.78. The fourth-order valence-electron chi connectivity index (χ4n) is 3.38. The van der Waals surface area contributed by atoms with E-state index in [0.717, 1.165) is 0 Å². The number of benzene rings is 2. The van der Waals surface area contributed by atoms with Gasteiger partial charge in [-0.3, -0.25) is 0 Å². The van der Waals surface area contributed by atoms with E-state index in [-0.39, 0.29) is 15.5 Å². The van der Waals surface area contributed by atoms with Gasteiger partial charge in [0.05, 0.1) is 22.2 Å². The number of nitrogens with zero attached hydrogens (tertiary/aromatic N) is 1. The maximum absolute atomic E-state index is 13.1. The summed E-state index contributed by atoms with van der Waals surface area (Å²) in [5.41, 5.74) is 0. The molecule has 1 atom stereocenters. The lowest BCUT2D eigenvalue weighted by Crippen LogP contribution is -2.39. The lowest BCUT2D eigenvalue weighted by Gasteiger charge is -2.24. The second-order valence-electron chi connectivity index (χ2n) is 7.68. The molecule has 8 heteroatoms. The van der Waals surface area contributed by atoms with Crippen molar-refractivity contribution < 1.29 is 21.6 Å². The first-order valence-corrected chi connectivity index (χ1v) is 12.8. The fraction of sp³-hybridized carbons (Fsp3) is 0.429. The van der Waals surface area contributed by atoms with Gasteiger partial charge >= 0.3 is 0 Å². The third-order valence-electron chi connectivity index (χ3n) is 4.85. The number of hydrogen-bond acceptors (Lipinski definition) is 5. The first-order valence-electron chi connectivity index (χ1n) is 9.72. The van der Waals surface area contributed by atoms with Crippen molar-refractivity contribution in [2.24, 2.45) is 5.92 Å². The predicted molar refractivity (Wildman–Crippen MR) is 112 cm³/mol. The van der Waals surface area contributed by atoms with Gasteiger partial charge in [-0.2, -0.15) is 4.31 Å². The second kappa shape index (κ2) is 8.85. The van der Waals surface area contributed by atoms with E-state index < -0.39 is 25.9 Å². The Morgan fingerprint density at radius 3 is 2.24 bits per heavy atom. The van der Waals surface area contributed by atoms with Gasteiger partial charge in [0.15, 0.2) is 9.84 Å². The molecule has 0 N–H and O–H groups in total. The van der Waals surface area contributed by atoms with Crippen molar-refractivity contribution in [1.82, 2.24) is 4.31 Å². The fourth-order valence-corrected chi connectivity index (χ4v) is 6.78. The molecule has 1 fully saturated rings. The molecule has 3 rings (SSSR count). The molecule has 1 heterocycles. The third kappa shape index (κ3) is 5.18. The van der Waals surface area contributed by atoms with Crippen LogP contribution in [0.3, 0.4) is 0 Å². The molecule has 1 saturated heterocycles. The van der Waals surface area contributed by atoms with E-state index in [2.05, 4.69) is 0 Å². The van der Waals surface area contributed by atoms with Crippen LogP contribution in [-0.2, 0) is 19.9 Å². The molecule has 0 saturated carbocycles. The van der Waals surface area contributed by atoms with Crippen LogP contribution in [0.5, 0.6) is 5.75 Å². The Balaban J connectivity index is 1.77. The van der Waals surface area contributed by atoms with Crippen molar-refractivity contribution >= 4 is 19.9 Å². The highest BCUT2D eigenvalue weighted by Crippen LogP contribution is 2.29. The van der Waals surface area contributed by atoms with E-state index >= 15 is 0 Å². The van der Waals surface area contributed by atoms with Crippen LogP contribution in [0.1, 0.15) is 26.7 Å². The molecule has 0 aliphatic carbocycles. The number of sulfone groups is 1. The first kappa shape index (κ1) is 21.8. The molecule has 29 heavy (non-hydrogen) atoms. The second-order valence-corrected chi connectivity index (χ2v) is 11.6. The van der Waals surface area contributed by atoms with Crippen molar-refractivity contribution in [2.75, 3.05) is 18.9 Å². The average molecular weight is 438 g/mol. The van der Waals surface area contributed by atoms with E-state index in [1.165, 1.54) is 16.4 Å². The minimum absolute atomic E-state index is 0.151. The molecule has 0 spiro atoms. The van der Waals surface area contributed by atoms with Gasteiger partial charge in [-0.1, -0.05) is 32.0 Å². The quantitative estimate of drug-likeness (QED) is 0.633. The molecule has 1 unspecified atom stereocenters. The van der Waals surface area contributed by atoms with Crippen LogP contribution in [0.15, 0.2) is 64.4 Å². The predicted octanol–water partition coefficient (Wildman–Crippen LogP) is 3.35.